The summed E-state index contributed by atoms with van der Waals surface area (Å²) >= 11 is 0. The number of methoxy groups -OCH3 is 1. The second-order valence-electron chi connectivity index (χ2n) is 5.09. The number of hydrogen-bond acceptors (Lipinski definition) is 3. The van der Waals surface area contributed by atoms with E-state index in [0.29, 0.717) is 6.04 Å². The molecule has 1 amide bonds. The van der Waals surface area contributed by atoms with E-state index in [1.165, 1.54) is 0 Å². The maximum absolute atomic E-state index is 12.5. The van der Waals surface area contributed by atoms with E-state index in [9.17, 15) is 4.79 Å². The molecule has 0 aromatic heterocycles. The Bertz CT molecular complexity index is 447. The maximum atomic E-state index is 12.5. The highest BCUT2D eigenvalue weighted by atomic mass is 35.5. The van der Waals surface area contributed by atoms with Crippen LogP contribution in [0.15, 0.2) is 24.3 Å². The van der Waals surface area contributed by atoms with Crippen molar-refractivity contribution in [1.29, 1.82) is 0 Å². The van der Waals surface area contributed by atoms with Gasteiger partial charge in [0.15, 0.2) is 0 Å². The Morgan fingerprint density at radius 2 is 2.25 bits per heavy atom. The van der Waals surface area contributed by atoms with Gasteiger partial charge in [0.25, 0.3) is 0 Å². The fraction of sp³-hybridized carbons (Fsp3) is 0.533. The largest absolute Gasteiger partial charge is 0.497 e. The zero-order valence-electron chi connectivity index (χ0n) is 12.3. The zero-order valence-corrected chi connectivity index (χ0v) is 13.1. The number of halogens is 1. The van der Waals surface area contributed by atoms with E-state index in [4.69, 9.17) is 4.74 Å². The van der Waals surface area contributed by atoms with Gasteiger partial charge in [-0.3, -0.25) is 4.79 Å². The van der Waals surface area contributed by atoms with Gasteiger partial charge in [0.1, 0.15) is 5.75 Å². The SMILES string of the molecule is COc1cccc(C(C)C(=O)N(C)C2CCNC2)c1.Cl. The predicted molar refractivity (Wildman–Crippen MR) is 82.7 cm³/mol. The first kappa shape index (κ1) is 16.8. The van der Waals surface area contributed by atoms with E-state index in [2.05, 4.69) is 5.32 Å². The van der Waals surface area contributed by atoms with Crippen molar-refractivity contribution in [2.45, 2.75) is 25.3 Å². The second-order valence-corrected chi connectivity index (χ2v) is 5.09. The van der Waals surface area contributed by atoms with Gasteiger partial charge < -0.3 is 15.0 Å². The molecule has 2 unspecified atom stereocenters. The number of benzene rings is 1. The first-order valence-corrected chi connectivity index (χ1v) is 6.75. The van der Waals surface area contributed by atoms with Gasteiger partial charge in [-0.15, -0.1) is 12.4 Å². The van der Waals surface area contributed by atoms with Crippen molar-refractivity contribution >= 4 is 18.3 Å². The normalized spacial score (nSPS) is 19.1. The molecular formula is C15H23ClN2O2. The van der Waals surface area contributed by atoms with Crippen molar-refractivity contribution < 1.29 is 9.53 Å². The summed E-state index contributed by atoms with van der Waals surface area (Å²) in [6, 6.07) is 8.05. The number of nitrogens with zero attached hydrogens (tertiary/aromatic N) is 1. The molecule has 4 nitrogen and oxygen atoms in total. The minimum atomic E-state index is -0.138. The second kappa shape index (κ2) is 7.50. The summed E-state index contributed by atoms with van der Waals surface area (Å²) in [6.07, 6.45) is 1.03. The molecule has 2 rings (SSSR count). The van der Waals surface area contributed by atoms with Crippen molar-refractivity contribution in [3.8, 4) is 5.75 Å². The van der Waals surface area contributed by atoms with Crippen molar-refractivity contribution in [3.05, 3.63) is 29.8 Å². The standard InChI is InChI=1S/C15H22N2O2.ClH/c1-11(12-5-4-6-14(9-12)19-3)15(18)17(2)13-7-8-16-10-13;/h4-6,9,11,13,16H,7-8,10H2,1-3H3;1H. The Labute approximate surface area is 126 Å². The molecule has 5 heteroatoms. The van der Waals surface area contributed by atoms with E-state index in [1.807, 2.05) is 43.1 Å². The van der Waals surface area contributed by atoms with Crippen LogP contribution in [0.5, 0.6) is 5.75 Å². The fourth-order valence-electron chi connectivity index (χ4n) is 2.51. The number of likely N-dealkylation sites (N-methyl/N-ethyl adjacent to an activating group) is 1. The van der Waals surface area contributed by atoms with Crippen LogP contribution in [0.2, 0.25) is 0 Å². The average molecular weight is 299 g/mol. The number of carbonyl (C=O) groups excluding carboxylic acids is 1. The van der Waals surface area contributed by atoms with Crippen LogP contribution < -0.4 is 10.1 Å². The van der Waals surface area contributed by atoms with E-state index >= 15 is 0 Å². The van der Waals surface area contributed by atoms with Crippen LogP contribution in [-0.2, 0) is 4.79 Å². The molecule has 0 aliphatic carbocycles. The summed E-state index contributed by atoms with van der Waals surface area (Å²) in [7, 11) is 3.54. The number of amides is 1. The van der Waals surface area contributed by atoms with Gasteiger partial charge in [0.2, 0.25) is 5.91 Å². The van der Waals surface area contributed by atoms with Crippen LogP contribution in [-0.4, -0.2) is 44.1 Å². The quantitative estimate of drug-likeness (QED) is 0.925. The van der Waals surface area contributed by atoms with Crippen molar-refractivity contribution in [3.63, 3.8) is 0 Å². The average Bonchev–Trinajstić information content (AvgIpc) is 2.99. The van der Waals surface area contributed by atoms with Crippen molar-refractivity contribution in [1.82, 2.24) is 10.2 Å². The van der Waals surface area contributed by atoms with Gasteiger partial charge in [0, 0.05) is 19.6 Å². The third kappa shape index (κ3) is 3.64. The monoisotopic (exact) mass is 298 g/mol. The van der Waals surface area contributed by atoms with Gasteiger partial charge in [0.05, 0.1) is 13.0 Å². The predicted octanol–water partition coefficient (Wildman–Crippen LogP) is 2.04. The first-order valence-electron chi connectivity index (χ1n) is 6.75. The Kier molecular flexibility index (Phi) is 6.30. The van der Waals surface area contributed by atoms with Gasteiger partial charge in [-0.05, 0) is 37.6 Å². The lowest BCUT2D eigenvalue weighted by molar-refractivity contribution is -0.132. The van der Waals surface area contributed by atoms with Crippen LogP contribution in [0.3, 0.4) is 0 Å². The zero-order chi connectivity index (χ0) is 13.8. The molecule has 1 aliphatic heterocycles. The summed E-state index contributed by atoms with van der Waals surface area (Å²) in [5.74, 6) is 0.824. The van der Waals surface area contributed by atoms with Gasteiger partial charge in [-0.1, -0.05) is 12.1 Å². The Morgan fingerprint density at radius 3 is 2.85 bits per heavy atom. The number of nitrogens with one attached hydrogen (secondary N) is 1. The molecule has 1 heterocycles. The Balaban J connectivity index is 0.00000200. The van der Waals surface area contributed by atoms with Crippen molar-refractivity contribution in [2.75, 3.05) is 27.2 Å². The van der Waals surface area contributed by atoms with Gasteiger partial charge in [-0.2, -0.15) is 0 Å². The highest BCUT2D eigenvalue weighted by molar-refractivity contribution is 5.85. The molecule has 1 saturated heterocycles. The molecule has 1 aliphatic rings. The van der Waals surface area contributed by atoms with E-state index < -0.39 is 0 Å². The summed E-state index contributed by atoms with van der Waals surface area (Å²) < 4.78 is 5.21. The van der Waals surface area contributed by atoms with Crippen LogP contribution in [0, 0.1) is 0 Å². The number of carbonyl (C=O) groups is 1. The Hall–Kier alpha value is -1.26. The summed E-state index contributed by atoms with van der Waals surface area (Å²) in [5.41, 5.74) is 1.00. The molecule has 2 atom stereocenters. The minimum Gasteiger partial charge on any atom is -0.497 e. The summed E-state index contributed by atoms with van der Waals surface area (Å²) in [5, 5.41) is 3.29. The van der Waals surface area contributed by atoms with Crippen LogP contribution in [0.4, 0.5) is 0 Å². The first-order chi connectivity index (χ1) is 9.13. The third-order valence-corrected chi connectivity index (χ3v) is 3.89. The summed E-state index contributed by atoms with van der Waals surface area (Å²) in [6.45, 7) is 3.85. The molecule has 112 valence electrons. The molecule has 0 spiro atoms. The highest BCUT2D eigenvalue weighted by Gasteiger charge is 2.27. The summed E-state index contributed by atoms with van der Waals surface area (Å²) in [4.78, 5) is 14.4. The lowest BCUT2D eigenvalue weighted by Crippen LogP contribution is -2.40. The van der Waals surface area contributed by atoms with Crippen LogP contribution >= 0.6 is 12.4 Å². The maximum Gasteiger partial charge on any atom is 0.229 e. The van der Waals surface area contributed by atoms with E-state index in [0.717, 1.165) is 30.8 Å². The van der Waals surface area contributed by atoms with E-state index in [-0.39, 0.29) is 24.2 Å². The molecular weight excluding hydrogens is 276 g/mol. The molecule has 1 aromatic rings. The molecule has 0 bridgehead atoms. The molecule has 1 N–H and O–H groups in total. The number of hydrogen-bond donors (Lipinski definition) is 1. The number of rotatable bonds is 4. The number of ether oxygens (including phenoxy) is 1. The fourth-order valence-corrected chi connectivity index (χ4v) is 2.51. The smallest absolute Gasteiger partial charge is 0.229 e. The Morgan fingerprint density at radius 1 is 1.50 bits per heavy atom. The lowest BCUT2D eigenvalue weighted by Gasteiger charge is -2.27. The molecule has 0 radical (unpaired) electrons. The van der Waals surface area contributed by atoms with Crippen molar-refractivity contribution in [2.24, 2.45) is 0 Å². The van der Waals surface area contributed by atoms with Crippen LogP contribution in [0.25, 0.3) is 0 Å². The van der Waals surface area contributed by atoms with Gasteiger partial charge >= 0.3 is 0 Å². The lowest BCUT2D eigenvalue weighted by atomic mass is 9.99. The van der Waals surface area contributed by atoms with Gasteiger partial charge in [-0.25, -0.2) is 0 Å². The topological polar surface area (TPSA) is 41.6 Å². The molecule has 1 fully saturated rings. The van der Waals surface area contributed by atoms with Crippen LogP contribution in [0.1, 0.15) is 24.8 Å². The molecule has 0 saturated carbocycles. The molecule has 1 aromatic carbocycles. The van der Waals surface area contributed by atoms with E-state index in [1.54, 1.807) is 7.11 Å². The third-order valence-electron chi connectivity index (χ3n) is 3.89. The highest BCUT2D eigenvalue weighted by Crippen LogP contribution is 2.23. The minimum absolute atomic E-state index is 0. The molecule has 20 heavy (non-hydrogen) atoms.